The number of anilines is 1. The van der Waals surface area contributed by atoms with E-state index in [9.17, 15) is 5.26 Å². The van der Waals surface area contributed by atoms with Crippen LogP contribution in [0.5, 0.6) is 0 Å². The number of aromatic nitrogens is 2. The van der Waals surface area contributed by atoms with Crippen LogP contribution in [-0.2, 0) is 12.8 Å². The zero-order chi connectivity index (χ0) is 15.2. The van der Waals surface area contributed by atoms with Crippen molar-refractivity contribution in [3.05, 3.63) is 16.8 Å². The zero-order valence-corrected chi connectivity index (χ0v) is 14.0. The van der Waals surface area contributed by atoms with Crippen LogP contribution in [0.3, 0.4) is 0 Å². The fraction of sp³-hybridized carbons (Fsp3) is 0.688. The van der Waals surface area contributed by atoms with Gasteiger partial charge in [0.05, 0.1) is 5.69 Å². The fourth-order valence-corrected chi connectivity index (χ4v) is 3.72. The highest BCUT2D eigenvalue weighted by molar-refractivity contribution is 7.99. The molecule has 4 nitrogen and oxygen atoms in total. The van der Waals surface area contributed by atoms with Crippen molar-refractivity contribution < 1.29 is 0 Å². The second kappa shape index (κ2) is 7.65. The minimum Gasteiger partial charge on any atom is -0.353 e. The largest absolute Gasteiger partial charge is 0.353 e. The third kappa shape index (κ3) is 3.49. The van der Waals surface area contributed by atoms with Gasteiger partial charge in [-0.3, -0.25) is 0 Å². The first-order valence-electron chi connectivity index (χ1n) is 7.81. The molecule has 0 radical (unpaired) electrons. The second-order valence-electron chi connectivity index (χ2n) is 5.44. The molecule has 2 rings (SSSR count). The maximum Gasteiger partial charge on any atom is 0.169 e. The Bertz CT molecular complexity index is 524. The zero-order valence-electron chi connectivity index (χ0n) is 13.2. The monoisotopic (exact) mass is 304 g/mol. The van der Waals surface area contributed by atoms with Crippen molar-refractivity contribution in [2.45, 2.75) is 51.2 Å². The molecule has 114 valence electrons. The standard InChI is InChI=1S/C16H24N4S/c1-4-13-14(10-17)16(19-18-15(13)5-2)20-9-7-6-8-12(11-20)21-3/h12H,4-9,11H2,1-3H3. The number of thioether (sulfide) groups is 1. The smallest absolute Gasteiger partial charge is 0.169 e. The van der Waals surface area contributed by atoms with Gasteiger partial charge in [0.2, 0.25) is 0 Å². The topological polar surface area (TPSA) is 52.8 Å². The van der Waals surface area contributed by atoms with E-state index in [2.05, 4.69) is 41.3 Å². The third-order valence-electron chi connectivity index (χ3n) is 4.20. The first kappa shape index (κ1) is 16.1. The number of nitriles is 1. The average molecular weight is 304 g/mol. The molecule has 1 aliphatic heterocycles. The van der Waals surface area contributed by atoms with Crippen LogP contribution in [0.25, 0.3) is 0 Å². The van der Waals surface area contributed by atoms with Crippen LogP contribution < -0.4 is 4.90 Å². The lowest BCUT2D eigenvalue weighted by Crippen LogP contribution is -2.31. The molecule has 21 heavy (non-hydrogen) atoms. The van der Waals surface area contributed by atoms with Crippen LogP contribution in [-0.4, -0.2) is 34.8 Å². The van der Waals surface area contributed by atoms with Crippen molar-refractivity contribution in [3.63, 3.8) is 0 Å². The van der Waals surface area contributed by atoms with Gasteiger partial charge in [0.15, 0.2) is 5.82 Å². The Labute approximate surface area is 131 Å². The summed E-state index contributed by atoms with van der Waals surface area (Å²) in [5.74, 6) is 0.799. The molecule has 1 aromatic heterocycles. The first-order valence-corrected chi connectivity index (χ1v) is 9.10. The maximum atomic E-state index is 9.62. The van der Waals surface area contributed by atoms with Crippen molar-refractivity contribution in [2.24, 2.45) is 0 Å². The summed E-state index contributed by atoms with van der Waals surface area (Å²) in [6.45, 7) is 6.11. The van der Waals surface area contributed by atoms with E-state index in [4.69, 9.17) is 0 Å². The van der Waals surface area contributed by atoms with E-state index in [1.54, 1.807) is 0 Å². The highest BCUT2D eigenvalue weighted by Gasteiger charge is 2.23. The SMILES string of the molecule is CCc1nnc(N2CCCCC(SC)C2)c(C#N)c1CC. The fourth-order valence-electron chi connectivity index (χ4n) is 2.99. The molecule has 0 N–H and O–H groups in total. The highest BCUT2D eigenvalue weighted by Crippen LogP contribution is 2.28. The Hall–Kier alpha value is -1.28. The van der Waals surface area contributed by atoms with Crippen molar-refractivity contribution in [2.75, 3.05) is 24.2 Å². The molecule has 0 saturated carbocycles. The van der Waals surface area contributed by atoms with E-state index in [1.807, 2.05) is 11.8 Å². The van der Waals surface area contributed by atoms with Crippen LogP contribution in [0.15, 0.2) is 0 Å². The van der Waals surface area contributed by atoms with Crippen LogP contribution in [0.1, 0.15) is 49.9 Å². The van der Waals surface area contributed by atoms with Crippen LogP contribution in [0.2, 0.25) is 0 Å². The molecule has 0 bridgehead atoms. The Morgan fingerprint density at radius 1 is 1.29 bits per heavy atom. The number of hydrogen-bond donors (Lipinski definition) is 0. The molecule has 1 unspecified atom stereocenters. The molecule has 0 aliphatic carbocycles. The van der Waals surface area contributed by atoms with Gasteiger partial charge in [-0.05, 0) is 37.5 Å². The van der Waals surface area contributed by atoms with E-state index in [1.165, 1.54) is 19.3 Å². The van der Waals surface area contributed by atoms with Crippen molar-refractivity contribution in [3.8, 4) is 6.07 Å². The molecule has 1 aromatic rings. The van der Waals surface area contributed by atoms with Gasteiger partial charge in [-0.15, -0.1) is 5.10 Å². The lowest BCUT2D eigenvalue weighted by molar-refractivity contribution is 0.735. The normalized spacial score (nSPS) is 19.1. The summed E-state index contributed by atoms with van der Waals surface area (Å²) in [6, 6.07) is 2.39. The number of nitrogens with zero attached hydrogens (tertiary/aromatic N) is 4. The maximum absolute atomic E-state index is 9.62. The molecule has 0 amide bonds. The predicted octanol–water partition coefficient (Wildman–Crippen LogP) is 3.19. The summed E-state index contributed by atoms with van der Waals surface area (Å²) in [5, 5.41) is 19.0. The molecular formula is C16H24N4S. The van der Waals surface area contributed by atoms with Crippen molar-refractivity contribution in [1.82, 2.24) is 10.2 Å². The number of aryl methyl sites for hydroxylation is 1. The molecule has 5 heteroatoms. The summed E-state index contributed by atoms with van der Waals surface area (Å²) in [5.41, 5.74) is 2.79. The van der Waals surface area contributed by atoms with E-state index in [0.29, 0.717) is 5.25 Å². The Balaban J connectivity index is 2.40. The van der Waals surface area contributed by atoms with Gasteiger partial charge in [-0.2, -0.15) is 22.1 Å². The number of rotatable bonds is 4. The van der Waals surface area contributed by atoms with Crippen molar-refractivity contribution >= 4 is 17.6 Å². The van der Waals surface area contributed by atoms with E-state index in [0.717, 1.165) is 48.6 Å². The molecule has 1 saturated heterocycles. The van der Waals surface area contributed by atoms with Crippen LogP contribution in [0, 0.1) is 11.3 Å². The van der Waals surface area contributed by atoms with Gasteiger partial charge < -0.3 is 4.90 Å². The van der Waals surface area contributed by atoms with Gasteiger partial charge >= 0.3 is 0 Å². The molecule has 1 fully saturated rings. The molecule has 0 spiro atoms. The third-order valence-corrected chi connectivity index (χ3v) is 5.25. The van der Waals surface area contributed by atoms with Crippen molar-refractivity contribution in [1.29, 1.82) is 5.26 Å². The van der Waals surface area contributed by atoms with Gasteiger partial charge in [0.25, 0.3) is 0 Å². The molecular weight excluding hydrogens is 280 g/mol. The van der Waals surface area contributed by atoms with Crippen LogP contribution >= 0.6 is 11.8 Å². The summed E-state index contributed by atoms with van der Waals surface area (Å²) < 4.78 is 0. The van der Waals surface area contributed by atoms with E-state index < -0.39 is 0 Å². The van der Waals surface area contributed by atoms with Gasteiger partial charge in [-0.1, -0.05) is 20.3 Å². The minimum atomic E-state index is 0.622. The Morgan fingerprint density at radius 3 is 2.71 bits per heavy atom. The Kier molecular flexibility index (Phi) is 5.86. The number of hydrogen-bond acceptors (Lipinski definition) is 5. The van der Waals surface area contributed by atoms with Gasteiger partial charge in [0.1, 0.15) is 11.6 Å². The molecule has 1 aliphatic rings. The highest BCUT2D eigenvalue weighted by atomic mass is 32.2. The predicted molar refractivity (Wildman–Crippen MR) is 88.9 cm³/mol. The van der Waals surface area contributed by atoms with Gasteiger partial charge in [0, 0.05) is 18.3 Å². The summed E-state index contributed by atoms with van der Waals surface area (Å²) in [4.78, 5) is 2.28. The lowest BCUT2D eigenvalue weighted by Gasteiger charge is -2.26. The summed E-state index contributed by atoms with van der Waals surface area (Å²) in [7, 11) is 0. The van der Waals surface area contributed by atoms with Crippen LogP contribution in [0.4, 0.5) is 5.82 Å². The average Bonchev–Trinajstić information content (AvgIpc) is 2.78. The molecule has 2 heterocycles. The minimum absolute atomic E-state index is 0.622. The summed E-state index contributed by atoms with van der Waals surface area (Å²) >= 11 is 1.92. The second-order valence-corrected chi connectivity index (χ2v) is 6.58. The first-order chi connectivity index (χ1) is 10.2. The quantitative estimate of drug-likeness (QED) is 0.855. The molecule has 0 aromatic carbocycles. The van der Waals surface area contributed by atoms with E-state index in [-0.39, 0.29) is 0 Å². The lowest BCUT2D eigenvalue weighted by atomic mass is 10.0. The van der Waals surface area contributed by atoms with Gasteiger partial charge in [-0.25, -0.2) is 0 Å². The Morgan fingerprint density at radius 2 is 2.10 bits per heavy atom. The molecule has 1 atom stereocenters. The van der Waals surface area contributed by atoms with E-state index >= 15 is 0 Å². The summed E-state index contributed by atoms with van der Waals surface area (Å²) in [6.07, 6.45) is 7.52.